The van der Waals surface area contributed by atoms with Gasteiger partial charge in [-0.05, 0) is 25.1 Å². The largest absolute Gasteiger partial charge is 0.434 e. The number of benzene rings is 2. The van der Waals surface area contributed by atoms with E-state index in [0.717, 1.165) is 6.20 Å². The molecule has 0 aliphatic rings. The van der Waals surface area contributed by atoms with E-state index < -0.39 is 23.3 Å². The van der Waals surface area contributed by atoms with Gasteiger partial charge in [-0.15, -0.1) is 0 Å². The summed E-state index contributed by atoms with van der Waals surface area (Å²) in [7, 11) is 0. The number of alkyl halides is 3. The van der Waals surface area contributed by atoms with Crippen molar-refractivity contribution in [3.8, 4) is 11.4 Å². The third-order valence-electron chi connectivity index (χ3n) is 5.31. The highest BCUT2D eigenvalue weighted by Gasteiger charge is 2.41. The maximum Gasteiger partial charge on any atom is 0.434 e. The zero-order valence-corrected chi connectivity index (χ0v) is 18.7. The summed E-state index contributed by atoms with van der Waals surface area (Å²) in [6, 6.07) is 11.3. The summed E-state index contributed by atoms with van der Waals surface area (Å²) in [5.41, 5.74) is -1.04. The molecule has 1 N–H and O–H groups in total. The Hall–Kier alpha value is -4.25. The van der Waals surface area contributed by atoms with Crippen LogP contribution in [0.2, 0.25) is 5.02 Å². The molecule has 0 unspecified atom stereocenters. The number of fused-ring (bicyclic) bond motifs is 1. The number of carbonyl (C=O) groups is 1. The molecule has 0 spiro atoms. The van der Waals surface area contributed by atoms with Gasteiger partial charge < -0.3 is 5.32 Å². The van der Waals surface area contributed by atoms with Crippen molar-refractivity contribution in [1.29, 1.82) is 0 Å². The average molecular weight is 498 g/mol. The van der Waals surface area contributed by atoms with Crippen molar-refractivity contribution in [3.63, 3.8) is 0 Å². The van der Waals surface area contributed by atoms with Crippen LogP contribution in [-0.2, 0) is 6.18 Å². The van der Waals surface area contributed by atoms with E-state index in [1.807, 2.05) is 0 Å². The quantitative estimate of drug-likeness (QED) is 0.367. The number of halogens is 4. The van der Waals surface area contributed by atoms with Crippen molar-refractivity contribution in [2.75, 3.05) is 5.32 Å². The Bertz CT molecular complexity index is 1570. The highest BCUT2D eigenvalue weighted by Crippen LogP contribution is 2.35. The second-order valence-corrected chi connectivity index (χ2v) is 7.94. The minimum atomic E-state index is -4.87. The summed E-state index contributed by atoms with van der Waals surface area (Å²) in [5.74, 6) is -0.397. The maximum absolute atomic E-state index is 14.1. The molecule has 0 aliphatic carbocycles. The molecule has 3 heterocycles. The molecule has 5 aromatic rings. The Morgan fingerprint density at radius 3 is 2.51 bits per heavy atom. The number of anilines is 1. The smallest absolute Gasteiger partial charge is 0.322 e. The van der Waals surface area contributed by atoms with E-state index in [1.54, 1.807) is 37.3 Å². The predicted molar refractivity (Wildman–Crippen MR) is 123 cm³/mol. The molecule has 0 atom stereocenters. The molecular weight excluding hydrogens is 483 g/mol. The molecule has 35 heavy (non-hydrogen) atoms. The molecule has 0 radical (unpaired) electrons. The van der Waals surface area contributed by atoms with Crippen LogP contribution in [-0.4, -0.2) is 35.4 Å². The lowest BCUT2D eigenvalue weighted by Crippen LogP contribution is -2.21. The number of hydrogen-bond acceptors (Lipinski definition) is 5. The van der Waals surface area contributed by atoms with Gasteiger partial charge in [-0.1, -0.05) is 35.9 Å². The van der Waals surface area contributed by atoms with Gasteiger partial charge in [0.25, 0.3) is 5.91 Å². The highest BCUT2D eigenvalue weighted by atomic mass is 35.5. The Morgan fingerprint density at radius 2 is 1.80 bits per heavy atom. The molecule has 176 valence electrons. The monoisotopic (exact) mass is 497 g/mol. The van der Waals surface area contributed by atoms with Crippen molar-refractivity contribution in [3.05, 3.63) is 89.5 Å². The average Bonchev–Trinajstić information content (AvgIpc) is 3.45. The first-order chi connectivity index (χ1) is 16.7. The van der Waals surface area contributed by atoms with Crippen LogP contribution in [0.15, 0.2) is 67.4 Å². The summed E-state index contributed by atoms with van der Waals surface area (Å²) in [6.07, 6.45) is 0.193. The van der Waals surface area contributed by atoms with Gasteiger partial charge in [-0.2, -0.15) is 23.4 Å². The van der Waals surface area contributed by atoms with E-state index in [4.69, 9.17) is 11.6 Å². The zero-order chi connectivity index (χ0) is 24.7. The number of nitrogens with one attached hydrogen (secondary N) is 1. The lowest BCUT2D eigenvalue weighted by atomic mass is 10.1. The Balaban J connectivity index is 1.52. The lowest BCUT2D eigenvalue weighted by Gasteiger charge is -2.14. The Morgan fingerprint density at radius 1 is 1.00 bits per heavy atom. The van der Waals surface area contributed by atoms with E-state index in [1.165, 1.54) is 35.5 Å². The van der Waals surface area contributed by atoms with Gasteiger partial charge in [-0.3, -0.25) is 9.78 Å². The highest BCUT2D eigenvalue weighted by molar-refractivity contribution is 6.32. The molecule has 2 aromatic carbocycles. The fourth-order valence-corrected chi connectivity index (χ4v) is 3.99. The summed E-state index contributed by atoms with van der Waals surface area (Å²) in [5, 5.41) is 11.8. The first kappa shape index (κ1) is 22.5. The number of hydrogen-bond donors (Lipinski definition) is 1. The number of pyridine rings is 1. The molecule has 0 saturated heterocycles. The molecule has 0 fully saturated rings. The fourth-order valence-electron chi connectivity index (χ4n) is 3.73. The van der Waals surface area contributed by atoms with E-state index in [-0.39, 0.29) is 16.4 Å². The summed E-state index contributed by atoms with van der Waals surface area (Å²) in [6.45, 7) is 1.74. The standard InChI is InChI=1S/C23H15ClF3N7O/c1-13-29-12-31-33(13)19-7-6-15(8-18(19)24)32-22(35)17-10-30-34(21(17)23(25,26)27)20-11-28-9-14-4-2-3-5-16(14)20/h2-12H,1H3,(H,32,35). The minimum Gasteiger partial charge on any atom is -0.322 e. The first-order valence-corrected chi connectivity index (χ1v) is 10.6. The topological polar surface area (TPSA) is 90.5 Å². The molecule has 5 rings (SSSR count). The van der Waals surface area contributed by atoms with Crippen LogP contribution in [0.1, 0.15) is 21.9 Å². The Kier molecular flexibility index (Phi) is 5.48. The number of rotatable bonds is 4. The molecule has 8 nitrogen and oxygen atoms in total. The van der Waals surface area contributed by atoms with Crippen LogP contribution >= 0.6 is 11.6 Å². The number of aryl methyl sites for hydroxylation is 1. The summed E-state index contributed by atoms with van der Waals surface area (Å²) in [4.78, 5) is 21.0. The summed E-state index contributed by atoms with van der Waals surface area (Å²) >= 11 is 6.32. The third-order valence-corrected chi connectivity index (χ3v) is 5.61. The van der Waals surface area contributed by atoms with Crippen molar-refractivity contribution >= 4 is 34.0 Å². The van der Waals surface area contributed by atoms with Gasteiger partial charge >= 0.3 is 6.18 Å². The zero-order valence-electron chi connectivity index (χ0n) is 18.0. The molecule has 12 heteroatoms. The van der Waals surface area contributed by atoms with Crippen molar-refractivity contribution < 1.29 is 18.0 Å². The minimum absolute atomic E-state index is 0.102. The predicted octanol–water partition coefficient (Wildman–Crippen LogP) is 5.23. The van der Waals surface area contributed by atoms with Crippen molar-refractivity contribution in [2.24, 2.45) is 0 Å². The van der Waals surface area contributed by atoms with Crippen molar-refractivity contribution in [1.82, 2.24) is 29.5 Å². The van der Waals surface area contributed by atoms with Crippen molar-refractivity contribution in [2.45, 2.75) is 13.1 Å². The molecular formula is C23H15ClF3N7O. The van der Waals surface area contributed by atoms with Crippen LogP contribution in [0.25, 0.3) is 22.1 Å². The first-order valence-electron chi connectivity index (χ1n) is 10.2. The van der Waals surface area contributed by atoms with Crippen LogP contribution in [0, 0.1) is 6.92 Å². The number of nitrogens with zero attached hydrogens (tertiary/aromatic N) is 6. The fraction of sp³-hybridized carbons (Fsp3) is 0.0870. The Labute approximate surface area is 201 Å². The van der Waals surface area contributed by atoms with Gasteiger partial charge in [-0.25, -0.2) is 14.3 Å². The molecule has 0 bridgehead atoms. The van der Waals surface area contributed by atoms with Crippen LogP contribution < -0.4 is 5.32 Å². The second kappa shape index (κ2) is 8.51. The van der Waals surface area contributed by atoms with E-state index >= 15 is 0 Å². The van der Waals surface area contributed by atoms with E-state index in [9.17, 15) is 18.0 Å². The normalized spacial score (nSPS) is 11.7. The van der Waals surface area contributed by atoms with Gasteiger partial charge in [0, 0.05) is 22.7 Å². The van der Waals surface area contributed by atoms with E-state index in [0.29, 0.717) is 27.0 Å². The number of aromatic nitrogens is 6. The van der Waals surface area contributed by atoms with Crippen LogP contribution in [0.5, 0.6) is 0 Å². The molecule has 0 saturated carbocycles. The second-order valence-electron chi connectivity index (χ2n) is 7.54. The number of amides is 1. The van der Waals surface area contributed by atoms with Gasteiger partial charge in [0.1, 0.15) is 12.2 Å². The molecule has 1 amide bonds. The maximum atomic E-state index is 14.1. The third kappa shape index (κ3) is 4.10. The summed E-state index contributed by atoms with van der Waals surface area (Å²) < 4.78 is 44.6. The van der Waals surface area contributed by atoms with Gasteiger partial charge in [0.15, 0.2) is 5.69 Å². The van der Waals surface area contributed by atoms with Crippen LogP contribution in [0.4, 0.5) is 18.9 Å². The molecule has 3 aromatic heterocycles. The van der Waals surface area contributed by atoms with Gasteiger partial charge in [0.05, 0.1) is 34.4 Å². The van der Waals surface area contributed by atoms with Crippen LogP contribution in [0.3, 0.4) is 0 Å². The lowest BCUT2D eigenvalue weighted by molar-refractivity contribution is -0.143. The number of carbonyl (C=O) groups excluding carboxylic acids is 1. The molecule has 0 aliphatic heterocycles. The SMILES string of the molecule is Cc1ncnn1-c1ccc(NC(=O)c2cnn(-c3cncc4ccccc34)c2C(F)(F)F)cc1Cl. The van der Waals surface area contributed by atoms with Gasteiger partial charge in [0.2, 0.25) is 0 Å². The van der Waals surface area contributed by atoms with E-state index in [2.05, 4.69) is 25.5 Å².